The van der Waals surface area contributed by atoms with Gasteiger partial charge in [-0.25, -0.2) is 50.1 Å². The van der Waals surface area contributed by atoms with Crippen molar-refractivity contribution >= 4 is 40.6 Å². The van der Waals surface area contributed by atoms with Crippen LogP contribution in [0.4, 0.5) is 52.2 Å². The highest BCUT2D eigenvalue weighted by molar-refractivity contribution is 6.04. The fourth-order valence-electron chi connectivity index (χ4n) is 15.1. The zero-order chi connectivity index (χ0) is 88.2. The van der Waals surface area contributed by atoms with Gasteiger partial charge in [-0.1, -0.05) is 66.7 Å². The van der Waals surface area contributed by atoms with Crippen LogP contribution in [0.1, 0.15) is 105 Å². The van der Waals surface area contributed by atoms with E-state index in [2.05, 4.69) is 36.2 Å². The number of halogens is 8. The van der Waals surface area contributed by atoms with Crippen molar-refractivity contribution in [2.24, 2.45) is 0 Å². The average Bonchev–Trinajstić information content (AvgIpc) is 1.64. The Morgan fingerprint density at radius 1 is 0.425 bits per heavy atom. The molecule has 0 spiro atoms. The molecule has 3 amide bonds. The molecular formula is C98H81F8N11O10. The zero-order valence-electron chi connectivity index (χ0n) is 68.3. The van der Waals surface area contributed by atoms with Gasteiger partial charge in [0.2, 0.25) is 5.78 Å². The maximum absolute atomic E-state index is 13.9. The zero-order valence-corrected chi connectivity index (χ0v) is 68.3. The second-order valence-corrected chi connectivity index (χ2v) is 30.3. The largest absolute Gasteiger partial charge is 0.451 e. The third-order valence-electron chi connectivity index (χ3n) is 21.5. The van der Waals surface area contributed by atoms with Gasteiger partial charge in [-0.3, -0.25) is 19.2 Å². The number of hydrogen-bond acceptors (Lipinski definition) is 14. The first-order valence-corrected chi connectivity index (χ1v) is 40.9. The number of aromatic nitrogens is 7. The summed E-state index contributed by atoms with van der Waals surface area (Å²) in [6.45, 7) is 8.24. The number of imidazole rings is 3. The summed E-state index contributed by atoms with van der Waals surface area (Å²) in [6, 6.07) is 63.7. The van der Waals surface area contributed by atoms with E-state index in [-0.39, 0.29) is 99.8 Å². The molecule has 0 aliphatic carbocycles. The first-order valence-electron chi connectivity index (χ1n) is 40.9. The number of amides is 3. The number of nitrogens with one attached hydrogen (secondary N) is 4. The summed E-state index contributed by atoms with van der Waals surface area (Å²) < 4.78 is 152. The second kappa shape index (κ2) is 38.9. The summed E-state index contributed by atoms with van der Waals surface area (Å²) in [5.74, 6) is -3.22. The van der Waals surface area contributed by atoms with Gasteiger partial charge in [-0.15, -0.1) is 0 Å². The lowest BCUT2D eigenvalue weighted by molar-refractivity contribution is 0.0962. The van der Waals surface area contributed by atoms with E-state index in [9.17, 15) is 54.3 Å². The number of carbonyl (C=O) groups is 4. The molecule has 3 saturated heterocycles. The van der Waals surface area contributed by atoms with Crippen LogP contribution >= 0.6 is 0 Å². The van der Waals surface area contributed by atoms with Crippen LogP contribution in [0, 0.1) is 46.5 Å². The van der Waals surface area contributed by atoms with Gasteiger partial charge >= 0.3 is 0 Å². The Morgan fingerprint density at radius 2 is 0.843 bits per heavy atom. The number of para-hydroxylation sites is 3. The normalized spacial score (nSPS) is 14.7. The first-order chi connectivity index (χ1) is 61.7. The molecule has 0 radical (unpaired) electrons. The molecule has 16 aromatic rings. The van der Waals surface area contributed by atoms with E-state index in [1.54, 1.807) is 159 Å². The van der Waals surface area contributed by atoms with Crippen LogP contribution in [0.25, 0.3) is 90.7 Å². The van der Waals surface area contributed by atoms with Gasteiger partial charge in [0, 0.05) is 66.7 Å². The summed E-state index contributed by atoms with van der Waals surface area (Å²) in [5, 5.41) is 10.9. The monoisotopic (exact) mass is 1720 g/mol. The van der Waals surface area contributed by atoms with E-state index in [0.29, 0.717) is 93.7 Å². The molecule has 3 fully saturated rings. The molecule has 3 unspecified atom stereocenters. The van der Waals surface area contributed by atoms with E-state index >= 15 is 0 Å². The van der Waals surface area contributed by atoms with Gasteiger partial charge in [0.1, 0.15) is 63.6 Å². The Balaban J connectivity index is 0.000000125. The molecule has 3 aliphatic heterocycles. The van der Waals surface area contributed by atoms with Crippen molar-refractivity contribution in [1.82, 2.24) is 38.5 Å². The SMILES string of the molecule is CC(C)n1ccc(-c2ccc(F)cc2)c1-c1ccc(C(=O)Cc2ccccc2F)o1.O=C(Nc1ccccc1F)c1ccc(-c2c(-c3ccc(F)cc3)ncn2C2CCNC2)o1.O=C(Nc1ccccc1F)c1ccc(-c2c(-c3ccc(F)cc3)ncn2C2CCOC2)o1.O=C(Nc1ccccc1F)c1ccc(-c2c(-c3ccc(F)cc3)ncn2CC2CCCO2)o1. The molecule has 644 valence electrons. The molecular weight excluding hydrogens is 1640 g/mol. The van der Waals surface area contributed by atoms with Crippen molar-refractivity contribution in [3.8, 4) is 90.7 Å². The quantitative estimate of drug-likeness (QED) is 0.0364. The fourth-order valence-corrected chi connectivity index (χ4v) is 15.1. The van der Waals surface area contributed by atoms with Crippen molar-refractivity contribution in [3.05, 3.63) is 349 Å². The number of ether oxygens (including phenoxy) is 2. The number of furan rings is 4. The van der Waals surface area contributed by atoms with Crippen LogP contribution in [0.5, 0.6) is 0 Å². The number of hydrogen-bond donors (Lipinski definition) is 4. The predicted octanol–water partition coefficient (Wildman–Crippen LogP) is 22.4. The molecule has 8 aromatic carbocycles. The average molecular weight is 1720 g/mol. The topological polar surface area (TPSA) is 246 Å². The highest BCUT2D eigenvalue weighted by Gasteiger charge is 2.31. The van der Waals surface area contributed by atoms with Gasteiger partial charge < -0.3 is 66.7 Å². The number of carbonyl (C=O) groups excluding carboxylic acids is 4. The number of Topliss-reactive ketones (excluding diaryl/α,β-unsaturated/α-hetero) is 1. The van der Waals surface area contributed by atoms with Gasteiger partial charge in [0.05, 0.1) is 84.1 Å². The Hall–Kier alpha value is -14.8. The van der Waals surface area contributed by atoms with E-state index in [0.717, 1.165) is 67.8 Å². The summed E-state index contributed by atoms with van der Waals surface area (Å²) >= 11 is 0. The second-order valence-electron chi connectivity index (χ2n) is 30.3. The molecule has 127 heavy (non-hydrogen) atoms. The van der Waals surface area contributed by atoms with Crippen molar-refractivity contribution in [1.29, 1.82) is 0 Å². The maximum Gasteiger partial charge on any atom is 0.291 e. The lowest BCUT2D eigenvalue weighted by Gasteiger charge is -2.14. The summed E-state index contributed by atoms with van der Waals surface area (Å²) in [5.41, 5.74) is 9.10. The molecule has 11 heterocycles. The number of anilines is 3. The van der Waals surface area contributed by atoms with Crippen LogP contribution in [0.15, 0.2) is 292 Å². The number of ketones is 1. The molecule has 4 N–H and O–H groups in total. The third-order valence-corrected chi connectivity index (χ3v) is 21.5. The first kappa shape index (κ1) is 85.7. The molecule has 19 rings (SSSR count). The van der Waals surface area contributed by atoms with Crippen molar-refractivity contribution in [2.75, 3.05) is 48.9 Å². The molecule has 3 aliphatic rings. The molecule has 0 bridgehead atoms. The van der Waals surface area contributed by atoms with Gasteiger partial charge in [0.15, 0.2) is 46.1 Å². The fraction of sp³-hybridized carbons (Fsp3) is 0.173. The third kappa shape index (κ3) is 19.9. The van der Waals surface area contributed by atoms with Crippen molar-refractivity contribution in [2.45, 2.75) is 76.7 Å². The minimum Gasteiger partial charge on any atom is -0.451 e. The van der Waals surface area contributed by atoms with Crippen LogP contribution in [-0.2, 0) is 22.4 Å². The maximum atomic E-state index is 13.9. The highest BCUT2D eigenvalue weighted by Crippen LogP contribution is 2.42. The molecule has 21 nitrogen and oxygen atoms in total. The lowest BCUT2D eigenvalue weighted by atomic mass is 10.0. The number of nitrogens with zero attached hydrogens (tertiary/aromatic N) is 7. The molecule has 0 saturated carbocycles. The van der Waals surface area contributed by atoms with E-state index in [1.165, 1.54) is 103 Å². The Labute approximate surface area is 722 Å². The summed E-state index contributed by atoms with van der Waals surface area (Å²) in [4.78, 5) is 64.2. The standard InChI is InChI=1S/C25H21F2N3O3.C25H21F2NO2.C24H20F2N4O2.C24H19F2N3O3/c26-17-9-7-16(8-10-17)23-24(30(15-28-23)14-18-4-3-13-32-18)21-11-12-22(33-21)25(31)29-20-6-2-1-5-19(20)27;1-16(2)28-14-13-20(17-7-9-19(26)10-8-17)25(28)24-12-11-23(30-24)22(29)15-18-5-3-4-6-21(18)27;25-16-7-5-15(6-8-16)22-23(30(14-28-22)17-11-12-27-13-17)20-9-10-21(32-20)24(31)29-19-4-2-1-3-18(19)26;25-16-7-5-15(6-8-16)22-23(29(14-27-22)17-11-12-31-13-17)20-9-10-21(32-20)24(30)28-19-4-2-1-3-18(19)26/h1-2,5-12,15,18H,3-4,13-14H2,(H,29,31);3-14,16H,15H2,1-2H3;1-10,14,17,27H,11-13H2,(H,29,31);1-10,14,17H,11-13H2,(H,28,30). The van der Waals surface area contributed by atoms with Crippen LogP contribution in [-0.4, -0.2) is 95.7 Å². The summed E-state index contributed by atoms with van der Waals surface area (Å²) in [6.07, 6.45) is 10.7. The van der Waals surface area contributed by atoms with Gasteiger partial charge in [0.25, 0.3) is 17.7 Å². The van der Waals surface area contributed by atoms with Crippen LogP contribution < -0.4 is 21.3 Å². The molecule has 8 aromatic heterocycles. The predicted molar refractivity (Wildman–Crippen MR) is 461 cm³/mol. The number of rotatable bonds is 22. The van der Waals surface area contributed by atoms with Crippen molar-refractivity contribution in [3.63, 3.8) is 0 Å². The van der Waals surface area contributed by atoms with E-state index < -0.39 is 41.0 Å². The lowest BCUT2D eigenvalue weighted by Crippen LogP contribution is -2.15. The van der Waals surface area contributed by atoms with Crippen molar-refractivity contribution < 1.29 is 81.4 Å². The Morgan fingerprint density at radius 3 is 1.28 bits per heavy atom. The van der Waals surface area contributed by atoms with E-state index in [1.807, 2.05) is 44.4 Å². The van der Waals surface area contributed by atoms with Crippen LogP contribution in [0.2, 0.25) is 0 Å². The molecule has 29 heteroatoms. The van der Waals surface area contributed by atoms with Gasteiger partial charge in [-0.2, -0.15) is 0 Å². The minimum atomic E-state index is -0.570. The van der Waals surface area contributed by atoms with E-state index in [4.69, 9.17) is 27.1 Å². The highest BCUT2D eigenvalue weighted by atomic mass is 19.2. The van der Waals surface area contributed by atoms with Gasteiger partial charge in [-0.05, 0) is 239 Å². The summed E-state index contributed by atoms with van der Waals surface area (Å²) in [7, 11) is 0. The number of benzene rings is 8. The minimum absolute atomic E-state index is 0.0307. The van der Waals surface area contributed by atoms with Crippen LogP contribution in [0.3, 0.4) is 0 Å². The Kier molecular flexibility index (Phi) is 26.3. The molecule has 3 atom stereocenters. The smallest absolute Gasteiger partial charge is 0.291 e. The Bertz CT molecular complexity index is 6350.